The van der Waals surface area contributed by atoms with Gasteiger partial charge in [0.2, 0.25) is 15.0 Å². The van der Waals surface area contributed by atoms with Gasteiger partial charge in [0.05, 0.1) is 11.4 Å². The van der Waals surface area contributed by atoms with Crippen molar-refractivity contribution in [2.24, 2.45) is 5.92 Å². The number of hydrogen-bond donors (Lipinski definition) is 0. The maximum Gasteiger partial charge on any atom is 0.232 e. The number of nitrogens with zero attached hydrogens (tertiary/aromatic N) is 1. The number of amides is 1. The number of hydrogen-bond acceptors (Lipinski definition) is 3. The smallest absolute Gasteiger partial charge is 0.232 e. The summed E-state index contributed by atoms with van der Waals surface area (Å²) in [5.74, 6) is -1.67. The van der Waals surface area contributed by atoms with E-state index in [0.29, 0.717) is 3.57 Å². The Morgan fingerprint density at radius 3 is 2.65 bits per heavy atom. The Kier molecular flexibility index (Phi) is 4.83. The SMILES string of the molecule is O=C1CC(CS(=O)(=O)Cl)CN1c1c(F)cc(Cl)cc1I. The minimum absolute atomic E-state index is 0.0318. The van der Waals surface area contributed by atoms with Crippen LogP contribution in [0.2, 0.25) is 5.02 Å². The van der Waals surface area contributed by atoms with Crippen molar-refractivity contribution in [2.45, 2.75) is 6.42 Å². The predicted octanol–water partition coefficient (Wildman–Crippen LogP) is 3.01. The minimum Gasteiger partial charge on any atom is -0.308 e. The molecule has 0 saturated carbocycles. The van der Waals surface area contributed by atoms with E-state index in [1.165, 1.54) is 4.90 Å². The molecule has 1 heterocycles. The van der Waals surface area contributed by atoms with Crippen LogP contribution in [0.15, 0.2) is 12.1 Å². The molecule has 110 valence electrons. The zero-order valence-corrected chi connectivity index (χ0v) is 14.4. The summed E-state index contributed by atoms with van der Waals surface area (Å²) in [5, 5.41) is 0.238. The number of rotatable bonds is 3. The van der Waals surface area contributed by atoms with E-state index >= 15 is 0 Å². The molecular weight excluding hydrogens is 443 g/mol. The van der Waals surface area contributed by atoms with Crippen molar-refractivity contribution in [3.63, 3.8) is 0 Å². The lowest BCUT2D eigenvalue weighted by Gasteiger charge is -2.19. The molecule has 1 aromatic rings. The van der Waals surface area contributed by atoms with Gasteiger partial charge >= 0.3 is 0 Å². The average Bonchev–Trinajstić information content (AvgIpc) is 2.55. The van der Waals surface area contributed by atoms with Crippen LogP contribution in [-0.4, -0.2) is 26.6 Å². The van der Waals surface area contributed by atoms with Gasteiger partial charge < -0.3 is 4.90 Å². The monoisotopic (exact) mass is 451 g/mol. The molecule has 9 heteroatoms. The van der Waals surface area contributed by atoms with E-state index in [-0.39, 0.29) is 35.3 Å². The molecule has 0 spiro atoms. The number of anilines is 1. The molecule has 1 aliphatic rings. The van der Waals surface area contributed by atoms with Crippen LogP contribution in [0.5, 0.6) is 0 Å². The van der Waals surface area contributed by atoms with E-state index in [2.05, 4.69) is 0 Å². The molecular formula is C11H9Cl2FINO3S. The van der Waals surface area contributed by atoms with E-state index in [1.54, 1.807) is 6.07 Å². The average molecular weight is 452 g/mol. The van der Waals surface area contributed by atoms with Gasteiger partial charge in [0.25, 0.3) is 0 Å². The van der Waals surface area contributed by atoms with Gasteiger partial charge in [0, 0.05) is 38.2 Å². The fourth-order valence-electron chi connectivity index (χ4n) is 2.18. The van der Waals surface area contributed by atoms with E-state index < -0.39 is 20.8 Å². The third-order valence-electron chi connectivity index (χ3n) is 2.89. The van der Waals surface area contributed by atoms with Gasteiger partial charge in [-0.25, -0.2) is 12.8 Å². The van der Waals surface area contributed by atoms with Crippen molar-refractivity contribution < 1.29 is 17.6 Å². The van der Waals surface area contributed by atoms with Gasteiger partial charge in [-0.2, -0.15) is 0 Å². The van der Waals surface area contributed by atoms with Crippen LogP contribution >= 0.6 is 44.9 Å². The van der Waals surface area contributed by atoms with Crippen LogP contribution in [-0.2, 0) is 13.8 Å². The van der Waals surface area contributed by atoms with Crippen molar-refractivity contribution in [2.75, 3.05) is 17.2 Å². The third-order valence-corrected chi connectivity index (χ3v) is 5.18. The fourth-order valence-corrected chi connectivity index (χ4v) is 4.78. The molecule has 1 amide bonds. The Bertz CT molecular complexity index is 645. The summed E-state index contributed by atoms with van der Waals surface area (Å²) < 4.78 is 36.6. The largest absolute Gasteiger partial charge is 0.308 e. The van der Waals surface area contributed by atoms with Crippen LogP contribution in [0.3, 0.4) is 0 Å². The van der Waals surface area contributed by atoms with Gasteiger partial charge in [-0.05, 0) is 34.7 Å². The number of halogens is 4. The molecule has 0 radical (unpaired) electrons. The molecule has 0 N–H and O–H groups in total. The summed E-state index contributed by atoms with van der Waals surface area (Å²) in [6.07, 6.45) is 0.0318. The molecule has 0 aromatic heterocycles. The lowest BCUT2D eigenvalue weighted by atomic mass is 10.1. The molecule has 1 aromatic carbocycles. The van der Waals surface area contributed by atoms with Crippen LogP contribution in [0.25, 0.3) is 0 Å². The maximum absolute atomic E-state index is 14.0. The summed E-state index contributed by atoms with van der Waals surface area (Å²) in [6.45, 7) is 0.124. The summed E-state index contributed by atoms with van der Waals surface area (Å²) in [7, 11) is 1.50. The zero-order chi connectivity index (χ0) is 15.1. The van der Waals surface area contributed by atoms with Gasteiger partial charge in [-0.1, -0.05) is 11.6 Å². The van der Waals surface area contributed by atoms with Crippen LogP contribution in [0.4, 0.5) is 10.1 Å². The molecule has 1 unspecified atom stereocenters. The lowest BCUT2D eigenvalue weighted by molar-refractivity contribution is -0.117. The van der Waals surface area contributed by atoms with Crippen LogP contribution < -0.4 is 4.90 Å². The summed E-state index contributed by atoms with van der Waals surface area (Å²) in [5.41, 5.74) is 0.134. The highest BCUT2D eigenvalue weighted by molar-refractivity contribution is 14.1. The molecule has 0 bridgehead atoms. The second kappa shape index (κ2) is 5.94. The predicted molar refractivity (Wildman–Crippen MR) is 84.2 cm³/mol. The lowest BCUT2D eigenvalue weighted by Crippen LogP contribution is -2.27. The summed E-state index contributed by atoms with van der Waals surface area (Å²) >= 11 is 7.62. The Labute approximate surface area is 138 Å². The highest BCUT2D eigenvalue weighted by atomic mass is 127. The molecule has 1 aliphatic heterocycles. The summed E-state index contributed by atoms with van der Waals surface area (Å²) in [6, 6.07) is 2.66. The Balaban J connectivity index is 2.29. The topological polar surface area (TPSA) is 54.5 Å². The highest BCUT2D eigenvalue weighted by Crippen LogP contribution is 2.34. The third kappa shape index (κ3) is 3.75. The van der Waals surface area contributed by atoms with E-state index in [0.717, 1.165) is 6.07 Å². The first kappa shape index (κ1) is 16.3. The maximum atomic E-state index is 14.0. The normalized spacial score (nSPS) is 19.7. The molecule has 1 saturated heterocycles. The van der Waals surface area contributed by atoms with Gasteiger partial charge in [0.15, 0.2) is 0 Å². The van der Waals surface area contributed by atoms with Gasteiger partial charge in [0.1, 0.15) is 5.82 Å². The summed E-state index contributed by atoms with van der Waals surface area (Å²) in [4.78, 5) is 13.2. The van der Waals surface area contributed by atoms with Crippen molar-refractivity contribution >= 4 is 65.5 Å². The van der Waals surface area contributed by atoms with Gasteiger partial charge in [-0.3, -0.25) is 4.79 Å². The van der Waals surface area contributed by atoms with E-state index in [9.17, 15) is 17.6 Å². The van der Waals surface area contributed by atoms with Gasteiger partial charge in [-0.15, -0.1) is 0 Å². The van der Waals surface area contributed by atoms with E-state index in [1.807, 2.05) is 22.6 Å². The fraction of sp³-hybridized carbons (Fsp3) is 0.364. The molecule has 0 aliphatic carbocycles. The Morgan fingerprint density at radius 2 is 2.10 bits per heavy atom. The molecule has 4 nitrogen and oxygen atoms in total. The number of benzene rings is 1. The Morgan fingerprint density at radius 1 is 1.45 bits per heavy atom. The molecule has 2 rings (SSSR count). The molecule has 1 fully saturated rings. The van der Waals surface area contributed by atoms with Crippen LogP contribution in [0.1, 0.15) is 6.42 Å². The van der Waals surface area contributed by atoms with Crippen molar-refractivity contribution in [1.82, 2.24) is 0 Å². The number of carbonyl (C=O) groups excluding carboxylic acids is 1. The standard InChI is InChI=1S/C11H9Cl2FINO3S/c12-7-2-8(14)11(9(15)3-7)16-4-6(1-10(16)17)5-20(13,18)19/h2-3,6H,1,4-5H2. The van der Waals surface area contributed by atoms with Crippen molar-refractivity contribution in [3.8, 4) is 0 Å². The zero-order valence-electron chi connectivity index (χ0n) is 9.95. The first-order valence-corrected chi connectivity index (χ1v) is 9.48. The quantitative estimate of drug-likeness (QED) is 0.524. The van der Waals surface area contributed by atoms with Crippen molar-refractivity contribution in [1.29, 1.82) is 0 Å². The highest BCUT2D eigenvalue weighted by Gasteiger charge is 2.35. The Hall–Kier alpha value is -0.120. The van der Waals surface area contributed by atoms with E-state index in [4.69, 9.17) is 22.3 Å². The first-order valence-electron chi connectivity index (χ1n) is 5.54. The minimum atomic E-state index is -3.69. The molecule has 1 atom stereocenters. The number of carbonyl (C=O) groups is 1. The second-order valence-electron chi connectivity index (χ2n) is 4.50. The first-order chi connectivity index (χ1) is 9.17. The van der Waals surface area contributed by atoms with Crippen LogP contribution in [0, 0.1) is 15.3 Å². The molecule has 20 heavy (non-hydrogen) atoms. The second-order valence-corrected chi connectivity index (χ2v) is 8.92. The van der Waals surface area contributed by atoms with Crippen molar-refractivity contribution in [3.05, 3.63) is 26.5 Å².